The van der Waals surface area contributed by atoms with Crippen LogP contribution in [0.25, 0.3) is 0 Å². The zero-order chi connectivity index (χ0) is 17.1. The summed E-state index contributed by atoms with van der Waals surface area (Å²) in [7, 11) is 1.39. The van der Waals surface area contributed by atoms with E-state index in [0.29, 0.717) is 22.5 Å². The molecule has 0 radical (unpaired) electrons. The highest BCUT2D eigenvalue weighted by molar-refractivity contribution is 6.35. The first kappa shape index (κ1) is 17.2. The van der Waals surface area contributed by atoms with Crippen molar-refractivity contribution in [1.82, 2.24) is 15.3 Å². The van der Waals surface area contributed by atoms with E-state index in [-0.39, 0.29) is 11.9 Å². The summed E-state index contributed by atoms with van der Waals surface area (Å²) < 4.78 is 18.3. The Hall–Kier alpha value is -1.63. The highest BCUT2D eigenvalue weighted by Gasteiger charge is 2.25. The monoisotopic (exact) mass is 370 g/mol. The minimum absolute atomic E-state index is 0.0376. The average molecular weight is 371 g/mol. The molecule has 128 valence electrons. The smallest absolute Gasteiger partial charge is 0.255 e. The van der Waals surface area contributed by atoms with Gasteiger partial charge in [-0.25, -0.2) is 4.98 Å². The maximum Gasteiger partial charge on any atom is 0.255 e. The molecule has 1 N–H and O–H groups in total. The number of aromatic nitrogens is 2. The fourth-order valence-electron chi connectivity index (χ4n) is 2.67. The highest BCUT2D eigenvalue weighted by atomic mass is 35.5. The van der Waals surface area contributed by atoms with Gasteiger partial charge in [-0.15, -0.1) is 0 Å². The van der Waals surface area contributed by atoms with E-state index in [9.17, 15) is 4.39 Å². The fraction of sp³-hybridized carbons (Fsp3) is 0.375. The van der Waals surface area contributed by atoms with Gasteiger partial charge in [0.2, 0.25) is 11.8 Å². The molecule has 1 aliphatic heterocycles. The van der Waals surface area contributed by atoms with E-state index in [1.807, 2.05) is 17.0 Å². The molecule has 1 aromatic heterocycles. The van der Waals surface area contributed by atoms with E-state index in [2.05, 4.69) is 15.3 Å². The van der Waals surface area contributed by atoms with Crippen LogP contribution in [0.4, 0.5) is 10.3 Å². The van der Waals surface area contributed by atoms with E-state index in [1.54, 1.807) is 6.07 Å². The summed E-state index contributed by atoms with van der Waals surface area (Å²) in [5.41, 5.74) is 0.999. The molecule has 0 aliphatic carbocycles. The highest BCUT2D eigenvalue weighted by Crippen LogP contribution is 2.23. The summed E-state index contributed by atoms with van der Waals surface area (Å²) in [4.78, 5) is 10.1. The predicted octanol–water partition coefficient (Wildman–Crippen LogP) is 3.30. The lowest BCUT2D eigenvalue weighted by molar-refractivity contribution is 0.367. The number of benzene rings is 1. The first-order valence-electron chi connectivity index (χ1n) is 7.55. The van der Waals surface area contributed by atoms with Crippen molar-refractivity contribution in [1.29, 1.82) is 0 Å². The van der Waals surface area contributed by atoms with Crippen LogP contribution < -0.4 is 15.0 Å². The van der Waals surface area contributed by atoms with Crippen LogP contribution in [0.3, 0.4) is 0 Å². The van der Waals surface area contributed by atoms with Gasteiger partial charge >= 0.3 is 0 Å². The zero-order valence-corrected chi connectivity index (χ0v) is 14.6. The van der Waals surface area contributed by atoms with Crippen LogP contribution in [0.15, 0.2) is 24.4 Å². The Bertz CT molecular complexity index is 731. The molecular weight excluding hydrogens is 354 g/mol. The van der Waals surface area contributed by atoms with Gasteiger partial charge in [0, 0.05) is 35.7 Å². The molecule has 0 amide bonds. The van der Waals surface area contributed by atoms with Gasteiger partial charge in [0.05, 0.1) is 13.3 Å². The summed E-state index contributed by atoms with van der Waals surface area (Å²) >= 11 is 12.1. The Morgan fingerprint density at radius 3 is 3.00 bits per heavy atom. The maximum absolute atomic E-state index is 13.4. The molecule has 3 rings (SSSR count). The zero-order valence-electron chi connectivity index (χ0n) is 13.1. The van der Waals surface area contributed by atoms with Crippen molar-refractivity contribution in [2.24, 2.45) is 0 Å². The number of halogens is 3. The van der Waals surface area contributed by atoms with Gasteiger partial charge in [-0.05, 0) is 24.1 Å². The van der Waals surface area contributed by atoms with E-state index in [0.717, 1.165) is 31.3 Å². The molecule has 2 aromatic rings. The van der Waals surface area contributed by atoms with Crippen LogP contribution in [0.2, 0.25) is 10.0 Å². The Morgan fingerprint density at radius 2 is 2.25 bits per heavy atom. The maximum atomic E-state index is 13.4. The molecule has 1 aliphatic rings. The number of hydrogen-bond acceptors (Lipinski definition) is 5. The van der Waals surface area contributed by atoms with Crippen molar-refractivity contribution < 1.29 is 9.13 Å². The van der Waals surface area contributed by atoms with Crippen LogP contribution in [0, 0.1) is 5.82 Å². The lowest BCUT2D eigenvalue weighted by atomic mass is 10.2. The Balaban J connectivity index is 1.59. The van der Waals surface area contributed by atoms with Crippen LogP contribution >= 0.6 is 23.2 Å². The molecule has 1 aromatic carbocycles. The summed E-state index contributed by atoms with van der Waals surface area (Å²) in [6, 6.07) is 5.75. The van der Waals surface area contributed by atoms with Gasteiger partial charge in [0.25, 0.3) is 5.88 Å². The van der Waals surface area contributed by atoms with E-state index in [1.165, 1.54) is 7.11 Å². The normalized spacial score (nSPS) is 17.3. The summed E-state index contributed by atoms with van der Waals surface area (Å²) in [6.45, 7) is 2.18. The van der Waals surface area contributed by atoms with E-state index in [4.69, 9.17) is 27.9 Å². The van der Waals surface area contributed by atoms with Crippen LogP contribution in [-0.2, 0) is 6.54 Å². The molecule has 0 unspecified atom stereocenters. The number of nitrogens with one attached hydrogen (secondary N) is 1. The van der Waals surface area contributed by atoms with Crippen LogP contribution in [-0.4, -0.2) is 36.2 Å². The fourth-order valence-corrected chi connectivity index (χ4v) is 3.14. The summed E-state index contributed by atoms with van der Waals surface area (Å²) in [5.74, 6) is -0.126. The van der Waals surface area contributed by atoms with Crippen LogP contribution in [0.1, 0.15) is 12.0 Å². The minimum atomic E-state index is -0.562. The SMILES string of the molecule is COc1nc(N2CC[C@H](NCc3ccc(Cl)cc3Cl)C2)ncc1F. The first-order valence-corrected chi connectivity index (χ1v) is 8.31. The third kappa shape index (κ3) is 3.88. The molecule has 0 bridgehead atoms. The van der Waals surface area contributed by atoms with Crippen molar-refractivity contribution in [3.05, 3.63) is 45.8 Å². The number of methoxy groups -OCH3 is 1. The standard InChI is InChI=1S/C16H17Cl2FN4O/c1-24-15-14(19)8-21-16(22-15)23-5-4-12(9-23)20-7-10-2-3-11(17)6-13(10)18/h2-3,6,8,12,20H,4-5,7,9H2,1H3/t12-/m0/s1. The van der Waals surface area contributed by atoms with Crippen molar-refractivity contribution in [2.75, 3.05) is 25.1 Å². The Kier molecular flexibility index (Phi) is 5.38. The number of anilines is 1. The molecule has 0 saturated carbocycles. The summed E-state index contributed by atoms with van der Waals surface area (Å²) in [6.07, 6.45) is 2.07. The van der Waals surface area contributed by atoms with Gasteiger partial charge in [-0.2, -0.15) is 9.37 Å². The second kappa shape index (κ2) is 7.51. The minimum Gasteiger partial charge on any atom is -0.479 e. The lowest BCUT2D eigenvalue weighted by Crippen LogP contribution is -2.32. The van der Waals surface area contributed by atoms with Crippen molar-refractivity contribution in [2.45, 2.75) is 19.0 Å². The lowest BCUT2D eigenvalue weighted by Gasteiger charge is -2.17. The molecule has 1 saturated heterocycles. The Morgan fingerprint density at radius 1 is 1.42 bits per heavy atom. The molecule has 1 atom stereocenters. The second-order valence-electron chi connectivity index (χ2n) is 5.58. The average Bonchev–Trinajstić information content (AvgIpc) is 3.03. The molecule has 2 heterocycles. The number of rotatable bonds is 5. The summed E-state index contributed by atoms with van der Waals surface area (Å²) in [5, 5.41) is 4.74. The topological polar surface area (TPSA) is 50.3 Å². The molecule has 1 fully saturated rings. The molecule has 24 heavy (non-hydrogen) atoms. The number of nitrogens with zero attached hydrogens (tertiary/aromatic N) is 3. The van der Waals surface area contributed by atoms with E-state index < -0.39 is 5.82 Å². The molecule has 0 spiro atoms. The van der Waals surface area contributed by atoms with E-state index >= 15 is 0 Å². The third-order valence-electron chi connectivity index (χ3n) is 3.96. The number of hydrogen-bond donors (Lipinski definition) is 1. The predicted molar refractivity (Wildman–Crippen MR) is 92.5 cm³/mol. The van der Waals surface area contributed by atoms with Gasteiger partial charge in [-0.3, -0.25) is 0 Å². The molecular formula is C16H17Cl2FN4O. The molecule has 5 nitrogen and oxygen atoms in total. The van der Waals surface area contributed by atoms with Gasteiger partial charge in [0.1, 0.15) is 0 Å². The van der Waals surface area contributed by atoms with Gasteiger partial charge in [0.15, 0.2) is 0 Å². The largest absolute Gasteiger partial charge is 0.479 e. The quantitative estimate of drug-likeness (QED) is 0.874. The van der Waals surface area contributed by atoms with Gasteiger partial charge < -0.3 is 15.0 Å². The third-order valence-corrected chi connectivity index (χ3v) is 4.55. The number of ether oxygens (including phenoxy) is 1. The van der Waals surface area contributed by atoms with Gasteiger partial charge in [-0.1, -0.05) is 29.3 Å². The van der Waals surface area contributed by atoms with Crippen molar-refractivity contribution in [3.8, 4) is 5.88 Å². The second-order valence-corrected chi connectivity index (χ2v) is 6.42. The van der Waals surface area contributed by atoms with Crippen LogP contribution in [0.5, 0.6) is 5.88 Å². The first-order chi connectivity index (χ1) is 11.6. The molecule has 8 heteroatoms. The van der Waals surface area contributed by atoms with Crippen molar-refractivity contribution >= 4 is 29.2 Å². The Labute approximate surface area is 149 Å². The van der Waals surface area contributed by atoms with Crippen molar-refractivity contribution in [3.63, 3.8) is 0 Å².